The van der Waals surface area contributed by atoms with Crippen LogP contribution in [0, 0.1) is 5.92 Å². The summed E-state index contributed by atoms with van der Waals surface area (Å²) in [5.74, 6) is 1.54. The molecule has 0 aromatic heterocycles. The molecular weight excluding hydrogens is 258 g/mol. The first-order valence-corrected chi connectivity index (χ1v) is 7.85. The fourth-order valence-corrected chi connectivity index (χ4v) is 3.14. The highest BCUT2D eigenvalue weighted by Gasteiger charge is 2.23. The summed E-state index contributed by atoms with van der Waals surface area (Å²) in [5, 5.41) is 0. The molecule has 2 heteroatoms. The van der Waals surface area contributed by atoms with E-state index < -0.39 is 0 Å². The summed E-state index contributed by atoms with van der Waals surface area (Å²) >= 11 is 0. The first-order valence-electron chi connectivity index (χ1n) is 7.85. The molecule has 1 fully saturated rings. The third-order valence-electron chi connectivity index (χ3n) is 4.40. The maximum Gasteiger partial charge on any atom is 0.120 e. The highest BCUT2D eigenvalue weighted by Crippen LogP contribution is 2.35. The van der Waals surface area contributed by atoms with Crippen molar-refractivity contribution in [1.82, 2.24) is 0 Å². The van der Waals surface area contributed by atoms with Crippen LogP contribution in [0.2, 0.25) is 0 Å². The van der Waals surface area contributed by atoms with E-state index in [-0.39, 0.29) is 6.04 Å². The molecule has 1 aliphatic carbocycles. The minimum Gasteiger partial charge on any atom is -0.489 e. The standard InChI is InChI=1S/C19H23NO/c20-19(16-9-4-5-10-16)17-11-6-12-18(13-17)21-14-15-7-2-1-3-8-15/h1-3,6-8,11-13,16,19H,4-5,9-10,14,20H2/t19-/m1/s1. The molecule has 2 N–H and O–H groups in total. The highest BCUT2D eigenvalue weighted by molar-refractivity contribution is 5.31. The molecule has 0 amide bonds. The van der Waals surface area contributed by atoms with Crippen LogP contribution in [0.25, 0.3) is 0 Å². The molecule has 0 saturated heterocycles. The second-order valence-corrected chi connectivity index (χ2v) is 5.92. The Bertz CT molecular complexity index is 561. The van der Waals surface area contributed by atoms with Crippen molar-refractivity contribution in [3.63, 3.8) is 0 Å². The van der Waals surface area contributed by atoms with Crippen molar-refractivity contribution in [3.8, 4) is 5.75 Å². The van der Waals surface area contributed by atoms with Gasteiger partial charge in [-0.15, -0.1) is 0 Å². The average molecular weight is 281 g/mol. The second kappa shape index (κ2) is 6.77. The van der Waals surface area contributed by atoms with Crippen LogP contribution in [0.1, 0.15) is 42.9 Å². The third kappa shape index (κ3) is 3.64. The molecule has 0 radical (unpaired) electrons. The Morgan fingerprint density at radius 3 is 2.52 bits per heavy atom. The van der Waals surface area contributed by atoms with Gasteiger partial charge < -0.3 is 10.5 Å². The van der Waals surface area contributed by atoms with Crippen molar-refractivity contribution >= 4 is 0 Å². The number of nitrogens with two attached hydrogens (primary N) is 1. The Labute approximate surface area is 126 Å². The summed E-state index contributed by atoms with van der Waals surface area (Å²) in [7, 11) is 0. The van der Waals surface area contributed by atoms with Crippen LogP contribution in [0.5, 0.6) is 5.75 Å². The predicted molar refractivity (Wildman–Crippen MR) is 86.1 cm³/mol. The fourth-order valence-electron chi connectivity index (χ4n) is 3.14. The fraction of sp³-hybridized carbons (Fsp3) is 0.368. The van der Waals surface area contributed by atoms with Gasteiger partial charge in [0.2, 0.25) is 0 Å². The molecular formula is C19H23NO. The molecule has 2 aromatic carbocycles. The minimum absolute atomic E-state index is 0.146. The highest BCUT2D eigenvalue weighted by atomic mass is 16.5. The molecule has 1 saturated carbocycles. The molecule has 2 nitrogen and oxygen atoms in total. The van der Waals surface area contributed by atoms with E-state index in [9.17, 15) is 0 Å². The van der Waals surface area contributed by atoms with E-state index in [2.05, 4.69) is 24.3 Å². The topological polar surface area (TPSA) is 35.2 Å². The molecule has 21 heavy (non-hydrogen) atoms. The van der Waals surface area contributed by atoms with E-state index >= 15 is 0 Å². The van der Waals surface area contributed by atoms with E-state index in [0.717, 1.165) is 5.75 Å². The smallest absolute Gasteiger partial charge is 0.120 e. The van der Waals surface area contributed by atoms with Gasteiger partial charge in [-0.3, -0.25) is 0 Å². The molecule has 0 bridgehead atoms. The van der Waals surface area contributed by atoms with Crippen molar-refractivity contribution < 1.29 is 4.74 Å². The summed E-state index contributed by atoms with van der Waals surface area (Å²) in [6, 6.07) is 18.7. The van der Waals surface area contributed by atoms with E-state index in [1.165, 1.54) is 36.8 Å². The number of ether oxygens (including phenoxy) is 1. The zero-order valence-corrected chi connectivity index (χ0v) is 12.4. The van der Waals surface area contributed by atoms with Crippen LogP contribution in [0.15, 0.2) is 54.6 Å². The summed E-state index contributed by atoms with van der Waals surface area (Å²) in [6.45, 7) is 0.600. The molecule has 0 unspecified atom stereocenters. The van der Waals surface area contributed by atoms with Crippen LogP contribution in [-0.4, -0.2) is 0 Å². The summed E-state index contributed by atoms with van der Waals surface area (Å²) in [4.78, 5) is 0. The van der Waals surface area contributed by atoms with Gasteiger partial charge in [-0.05, 0) is 42.0 Å². The van der Waals surface area contributed by atoms with Gasteiger partial charge in [-0.1, -0.05) is 55.3 Å². The van der Waals surface area contributed by atoms with E-state index in [1.54, 1.807) is 0 Å². The van der Waals surface area contributed by atoms with Crippen molar-refractivity contribution in [2.45, 2.75) is 38.3 Å². The SMILES string of the molecule is N[C@@H](c1cccc(OCc2ccccc2)c1)C1CCCC1. The third-order valence-corrected chi connectivity index (χ3v) is 4.40. The van der Waals surface area contributed by atoms with Gasteiger partial charge in [-0.25, -0.2) is 0 Å². The molecule has 0 heterocycles. The van der Waals surface area contributed by atoms with Crippen LogP contribution < -0.4 is 10.5 Å². The zero-order valence-electron chi connectivity index (χ0n) is 12.4. The number of hydrogen-bond acceptors (Lipinski definition) is 2. The van der Waals surface area contributed by atoms with Crippen LogP contribution >= 0.6 is 0 Å². The van der Waals surface area contributed by atoms with Gasteiger partial charge in [0, 0.05) is 6.04 Å². The monoisotopic (exact) mass is 281 g/mol. The van der Waals surface area contributed by atoms with Crippen molar-refractivity contribution in [1.29, 1.82) is 0 Å². The van der Waals surface area contributed by atoms with Crippen molar-refractivity contribution in [2.75, 3.05) is 0 Å². The predicted octanol–water partition coefficient (Wildman–Crippen LogP) is 4.46. The molecule has 110 valence electrons. The van der Waals surface area contributed by atoms with Gasteiger partial charge in [0.25, 0.3) is 0 Å². The van der Waals surface area contributed by atoms with Gasteiger partial charge in [0.15, 0.2) is 0 Å². The zero-order chi connectivity index (χ0) is 14.5. The average Bonchev–Trinajstić information content (AvgIpc) is 3.08. The number of hydrogen-bond donors (Lipinski definition) is 1. The summed E-state index contributed by atoms with van der Waals surface area (Å²) in [6.07, 6.45) is 5.16. The molecule has 1 aliphatic rings. The lowest BCUT2D eigenvalue weighted by atomic mass is 9.92. The summed E-state index contributed by atoms with van der Waals surface area (Å²) < 4.78 is 5.89. The largest absolute Gasteiger partial charge is 0.489 e. The van der Waals surface area contributed by atoms with E-state index in [4.69, 9.17) is 10.5 Å². The lowest BCUT2D eigenvalue weighted by Crippen LogP contribution is -2.19. The van der Waals surface area contributed by atoms with Crippen LogP contribution in [-0.2, 0) is 6.61 Å². The van der Waals surface area contributed by atoms with Gasteiger partial charge in [-0.2, -0.15) is 0 Å². The second-order valence-electron chi connectivity index (χ2n) is 5.92. The van der Waals surface area contributed by atoms with Gasteiger partial charge in [0.1, 0.15) is 12.4 Å². The Morgan fingerprint density at radius 2 is 1.76 bits per heavy atom. The van der Waals surface area contributed by atoms with Crippen LogP contribution in [0.3, 0.4) is 0 Å². The van der Waals surface area contributed by atoms with E-state index in [1.807, 2.05) is 30.3 Å². The molecule has 1 atom stereocenters. The normalized spacial score (nSPS) is 16.8. The lowest BCUT2D eigenvalue weighted by molar-refractivity contribution is 0.305. The number of benzene rings is 2. The molecule has 0 spiro atoms. The maximum atomic E-state index is 6.42. The first kappa shape index (κ1) is 14.2. The Morgan fingerprint density at radius 1 is 1.00 bits per heavy atom. The Balaban J connectivity index is 1.65. The van der Waals surface area contributed by atoms with E-state index in [0.29, 0.717) is 12.5 Å². The van der Waals surface area contributed by atoms with Crippen molar-refractivity contribution in [3.05, 3.63) is 65.7 Å². The van der Waals surface area contributed by atoms with Crippen LogP contribution in [0.4, 0.5) is 0 Å². The molecule has 0 aliphatic heterocycles. The minimum atomic E-state index is 0.146. The quantitative estimate of drug-likeness (QED) is 0.878. The Hall–Kier alpha value is -1.80. The van der Waals surface area contributed by atoms with Gasteiger partial charge >= 0.3 is 0 Å². The molecule has 2 aromatic rings. The first-order chi connectivity index (χ1) is 10.3. The lowest BCUT2D eigenvalue weighted by Gasteiger charge is -2.20. The summed E-state index contributed by atoms with van der Waals surface area (Å²) in [5.41, 5.74) is 8.81. The maximum absolute atomic E-state index is 6.42. The molecule has 3 rings (SSSR count). The number of rotatable bonds is 5. The Kier molecular flexibility index (Phi) is 4.56. The van der Waals surface area contributed by atoms with Gasteiger partial charge in [0.05, 0.1) is 0 Å². The van der Waals surface area contributed by atoms with Crippen molar-refractivity contribution in [2.24, 2.45) is 11.7 Å².